The molecule has 5 nitrogen and oxygen atoms in total. The quantitative estimate of drug-likeness (QED) is 0.595. The Balaban J connectivity index is 1.77. The van der Waals surface area contributed by atoms with Crippen molar-refractivity contribution in [2.45, 2.75) is 18.3 Å². The number of thiazole rings is 1. The molecule has 0 amide bonds. The fourth-order valence-electron chi connectivity index (χ4n) is 3.12. The third-order valence-corrected chi connectivity index (χ3v) is 5.49. The van der Waals surface area contributed by atoms with Gasteiger partial charge in [-0.15, -0.1) is 11.3 Å². The lowest BCUT2D eigenvalue weighted by Crippen LogP contribution is -2.55. The summed E-state index contributed by atoms with van der Waals surface area (Å²) in [6.45, 7) is 0. The van der Waals surface area contributed by atoms with E-state index in [1.54, 1.807) is 24.3 Å². The summed E-state index contributed by atoms with van der Waals surface area (Å²) in [4.78, 5) is 4.20. The molecule has 0 spiro atoms. The number of aliphatic hydroxyl groups is 1. The number of nitrogens with zero attached hydrogens (tertiary/aromatic N) is 3. The normalized spacial score (nSPS) is 19.1. The second kappa shape index (κ2) is 7.37. The molecule has 0 unspecified atom stereocenters. The molecule has 2 heterocycles. The topological polar surface area (TPSA) is 58.0 Å². The maximum atomic E-state index is 13.9. The highest BCUT2D eigenvalue weighted by Crippen LogP contribution is 2.45. The zero-order chi connectivity index (χ0) is 21.5. The Morgan fingerprint density at radius 2 is 1.83 bits per heavy atom. The summed E-state index contributed by atoms with van der Waals surface area (Å²) in [6, 6.07) is 11.9. The Bertz CT molecular complexity index is 1100. The summed E-state index contributed by atoms with van der Waals surface area (Å²) in [5.74, 6) is -0.0972. The summed E-state index contributed by atoms with van der Waals surface area (Å²) in [7, 11) is 1.40. The largest absolute Gasteiger partial charge is 0.496 e. The monoisotopic (exact) mass is 437 g/mol. The number of para-hydroxylation sites is 1. The standard InChI is InChI=1S/C20H15F4N3O2S/c1-29-17-5-3-2-4-14(17)15-10-19(28,20(22,23)24)27(26-15)18-25-16(11-30-18)12-6-8-13(21)9-7-12/h2-9,11,28H,10H2,1H3/t19-/m1/s1. The number of ether oxygens (including phenoxy) is 1. The fourth-order valence-corrected chi connectivity index (χ4v) is 3.96. The first-order valence-corrected chi connectivity index (χ1v) is 9.62. The summed E-state index contributed by atoms with van der Waals surface area (Å²) in [5, 5.41) is 16.6. The molecule has 0 bridgehead atoms. The molecule has 0 aliphatic carbocycles. The number of hydrazone groups is 1. The van der Waals surface area contributed by atoms with Gasteiger partial charge in [-0.05, 0) is 36.4 Å². The SMILES string of the molecule is COc1ccccc1C1=NN(c2nc(-c3ccc(F)cc3)cs2)[C@](O)(C(F)(F)F)C1. The molecule has 10 heteroatoms. The molecule has 0 radical (unpaired) electrons. The van der Waals surface area contributed by atoms with Gasteiger partial charge in [-0.3, -0.25) is 0 Å². The molecule has 0 saturated carbocycles. The summed E-state index contributed by atoms with van der Waals surface area (Å²) in [6.07, 6.45) is -5.79. The van der Waals surface area contributed by atoms with Crippen LogP contribution in [0.5, 0.6) is 5.75 Å². The van der Waals surface area contributed by atoms with Gasteiger partial charge in [0.1, 0.15) is 11.6 Å². The molecule has 1 N–H and O–H groups in total. The average Bonchev–Trinajstić information content (AvgIpc) is 3.33. The van der Waals surface area contributed by atoms with Crippen LogP contribution in [0.15, 0.2) is 59.0 Å². The van der Waals surface area contributed by atoms with Crippen LogP contribution >= 0.6 is 11.3 Å². The minimum atomic E-state index is -5.00. The van der Waals surface area contributed by atoms with Gasteiger partial charge in [0.15, 0.2) is 0 Å². The van der Waals surface area contributed by atoms with E-state index in [0.29, 0.717) is 27.6 Å². The first kappa shape index (κ1) is 20.3. The molecule has 30 heavy (non-hydrogen) atoms. The van der Waals surface area contributed by atoms with Gasteiger partial charge in [0.2, 0.25) is 5.13 Å². The van der Waals surface area contributed by atoms with E-state index in [-0.39, 0.29) is 10.8 Å². The molecule has 3 aromatic rings. The Labute approximate surface area is 172 Å². The number of alkyl halides is 3. The van der Waals surface area contributed by atoms with Gasteiger partial charge < -0.3 is 9.84 Å². The molecule has 4 rings (SSSR count). The molecule has 2 aromatic carbocycles. The maximum absolute atomic E-state index is 13.9. The third-order valence-electron chi connectivity index (χ3n) is 4.67. The van der Waals surface area contributed by atoms with Crippen LogP contribution < -0.4 is 9.75 Å². The summed E-state index contributed by atoms with van der Waals surface area (Å²) < 4.78 is 60.0. The number of anilines is 1. The summed E-state index contributed by atoms with van der Waals surface area (Å²) in [5.41, 5.74) is -2.02. The predicted octanol–water partition coefficient (Wildman–Crippen LogP) is 4.82. The van der Waals surface area contributed by atoms with Crippen molar-refractivity contribution in [3.05, 3.63) is 65.3 Å². The zero-order valence-corrected chi connectivity index (χ0v) is 16.3. The highest BCUT2D eigenvalue weighted by molar-refractivity contribution is 7.14. The van der Waals surface area contributed by atoms with Gasteiger partial charge in [0.05, 0.1) is 24.9 Å². The summed E-state index contributed by atoms with van der Waals surface area (Å²) >= 11 is 0.894. The molecule has 1 atom stereocenters. The third kappa shape index (κ3) is 3.41. The fraction of sp³-hybridized carbons (Fsp3) is 0.200. The van der Waals surface area contributed by atoms with Gasteiger partial charge in [0.25, 0.3) is 5.72 Å². The van der Waals surface area contributed by atoms with Crippen molar-refractivity contribution in [3.8, 4) is 17.0 Å². The van der Waals surface area contributed by atoms with Crippen LogP contribution in [0, 0.1) is 5.82 Å². The van der Waals surface area contributed by atoms with E-state index in [2.05, 4.69) is 10.1 Å². The Morgan fingerprint density at radius 1 is 1.13 bits per heavy atom. The first-order valence-electron chi connectivity index (χ1n) is 8.74. The molecule has 0 fully saturated rings. The lowest BCUT2D eigenvalue weighted by Gasteiger charge is -2.32. The van der Waals surface area contributed by atoms with Crippen molar-refractivity contribution in [1.82, 2.24) is 4.98 Å². The molecule has 156 valence electrons. The minimum Gasteiger partial charge on any atom is -0.496 e. The van der Waals surface area contributed by atoms with E-state index in [9.17, 15) is 22.7 Å². The number of aromatic nitrogens is 1. The highest BCUT2D eigenvalue weighted by Gasteiger charge is 2.62. The van der Waals surface area contributed by atoms with Crippen molar-refractivity contribution in [3.63, 3.8) is 0 Å². The van der Waals surface area contributed by atoms with Crippen LogP contribution in [0.3, 0.4) is 0 Å². The average molecular weight is 437 g/mol. The van der Waals surface area contributed by atoms with Crippen molar-refractivity contribution in [2.24, 2.45) is 5.10 Å². The number of rotatable bonds is 4. The zero-order valence-electron chi connectivity index (χ0n) is 15.5. The van der Waals surface area contributed by atoms with Gasteiger partial charge in [-0.2, -0.15) is 23.3 Å². The number of benzene rings is 2. The van der Waals surface area contributed by atoms with Crippen molar-refractivity contribution in [1.29, 1.82) is 0 Å². The number of methoxy groups -OCH3 is 1. The van der Waals surface area contributed by atoms with E-state index in [4.69, 9.17) is 4.74 Å². The molecular weight excluding hydrogens is 422 g/mol. The second-order valence-electron chi connectivity index (χ2n) is 6.57. The van der Waals surface area contributed by atoms with E-state index >= 15 is 0 Å². The lowest BCUT2D eigenvalue weighted by atomic mass is 10.0. The van der Waals surface area contributed by atoms with E-state index in [1.807, 2.05) is 0 Å². The smallest absolute Gasteiger partial charge is 0.438 e. The molecular formula is C20H15F4N3O2S. The number of hydrogen-bond acceptors (Lipinski definition) is 6. The Hall–Kier alpha value is -2.98. The Morgan fingerprint density at radius 3 is 2.50 bits per heavy atom. The number of hydrogen-bond donors (Lipinski definition) is 1. The molecule has 1 aliphatic rings. The first-order chi connectivity index (χ1) is 14.2. The van der Waals surface area contributed by atoms with Gasteiger partial charge in [0, 0.05) is 16.5 Å². The maximum Gasteiger partial charge on any atom is 0.438 e. The van der Waals surface area contributed by atoms with Gasteiger partial charge in [-0.25, -0.2) is 9.37 Å². The molecule has 1 aromatic heterocycles. The van der Waals surface area contributed by atoms with Crippen LogP contribution in [0.1, 0.15) is 12.0 Å². The Kier molecular flexibility index (Phi) is 4.99. The highest BCUT2D eigenvalue weighted by atomic mass is 32.1. The van der Waals surface area contributed by atoms with Crippen LogP contribution in [-0.4, -0.2) is 34.8 Å². The predicted molar refractivity (Wildman–Crippen MR) is 105 cm³/mol. The van der Waals surface area contributed by atoms with Crippen molar-refractivity contribution < 1.29 is 27.4 Å². The molecule has 0 saturated heterocycles. The van der Waals surface area contributed by atoms with Gasteiger partial charge in [-0.1, -0.05) is 12.1 Å². The number of halogens is 4. The van der Waals surface area contributed by atoms with Crippen LogP contribution in [0.25, 0.3) is 11.3 Å². The van der Waals surface area contributed by atoms with Crippen molar-refractivity contribution >= 4 is 22.2 Å². The van der Waals surface area contributed by atoms with E-state index < -0.39 is 24.1 Å². The van der Waals surface area contributed by atoms with E-state index in [1.165, 1.54) is 36.8 Å². The van der Waals surface area contributed by atoms with E-state index in [0.717, 1.165) is 11.3 Å². The van der Waals surface area contributed by atoms with Gasteiger partial charge >= 0.3 is 6.18 Å². The minimum absolute atomic E-state index is 0.0193. The lowest BCUT2D eigenvalue weighted by molar-refractivity contribution is -0.254. The van der Waals surface area contributed by atoms with Crippen LogP contribution in [0.4, 0.5) is 22.7 Å². The molecule has 1 aliphatic heterocycles. The van der Waals surface area contributed by atoms with Crippen molar-refractivity contribution in [2.75, 3.05) is 12.1 Å². The van der Waals surface area contributed by atoms with Crippen LogP contribution in [-0.2, 0) is 0 Å². The van der Waals surface area contributed by atoms with Crippen LogP contribution in [0.2, 0.25) is 0 Å². The second-order valence-corrected chi connectivity index (χ2v) is 7.41.